The van der Waals surface area contributed by atoms with Crippen LogP contribution in [0.1, 0.15) is 44.5 Å². The number of nitrogens with zero attached hydrogens (tertiary/aromatic N) is 16. The van der Waals surface area contributed by atoms with Gasteiger partial charge < -0.3 is 20.4 Å². The summed E-state index contributed by atoms with van der Waals surface area (Å²) in [6.07, 6.45) is 7.11. The molecule has 8 aromatic rings. The van der Waals surface area contributed by atoms with Crippen molar-refractivity contribution in [3.63, 3.8) is 0 Å². The highest BCUT2D eigenvalue weighted by molar-refractivity contribution is 7.99. The fourth-order valence-electron chi connectivity index (χ4n) is 7.01. The van der Waals surface area contributed by atoms with Crippen LogP contribution in [0.3, 0.4) is 0 Å². The van der Waals surface area contributed by atoms with Gasteiger partial charge in [-0.3, -0.25) is 0 Å². The molecule has 28 heteroatoms. The Kier molecular flexibility index (Phi) is 13.5. The maximum absolute atomic E-state index is 12.1. The Bertz CT molecular complexity index is 2760. The molecule has 0 saturated carbocycles. The van der Waals surface area contributed by atoms with E-state index in [1.165, 1.54) is 47.0 Å². The van der Waals surface area contributed by atoms with Gasteiger partial charge in [0.2, 0.25) is 20.6 Å². The molecule has 344 valence electrons. The number of nitrogens with one attached hydrogen (secondary N) is 4. The second kappa shape index (κ2) is 20.1. The summed E-state index contributed by atoms with van der Waals surface area (Å²) in [5.74, 6) is 0.113. The number of hydrogen-bond acceptors (Lipinski definition) is 24. The fourth-order valence-corrected chi connectivity index (χ4v) is 8.27. The number of aromatic amines is 4. The summed E-state index contributed by atoms with van der Waals surface area (Å²) < 4.78 is 0. The average molecular weight is 989 g/mol. The molecular weight excluding hydrogens is 953 g/mol. The van der Waals surface area contributed by atoms with E-state index in [1.54, 1.807) is 48.5 Å². The minimum Gasteiger partial charge on any atom is -0.507 e. The summed E-state index contributed by atoms with van der Waals surface area (Å²) in [7, 11) is 0. The molecular formula is C40H36N20O4S4. The number of azo groups is 4. The van der Waals surface area contributed by atoms with E-state index in [0.717, 1.165) is 0 Å². The molecule has 0 unspecified atom stereocenters. The van der Waals surface area contributed by atoms with Crippen molar-refractivity contribution in [2.75, 3.05) is 25.0 Å². The van der Waals surface area contributed by atoms with Gasteiger partial charge in [0.1, 0.15) is 23.0 Å². The smallest absolute Gasteiger partial charge is 0.265 e. The molecule has 4 aromatic heterocycles. The topological polar surface area (TPSA) is 346 Å². The number of fused-ring (bicyclic) bond motifs is 8. The lowest BCUT2D eigenvalue weighted by molar-refractivity contribution is 0.450. The highest BCUT2D eigenvalue weighted by Gasteiger charge is 2.23. The zero-order chi connectivity index (χ0) is 47.3. The van der Waals surface area contributed by atoms with Gasteiger partial charge in [-0.2, -0.15) is 19.9 Å². The SMILES string of the molecule is CSc1n[nH]c(N=Nc2cc3c(O)c(c2)Cc2cc(N=Nc4nc(SC)n[nH]4)cc(c2O)Cc2cc(N=Nc4nc(SC)n[nH]4)cc(c2O)Cc2cc(N=Nc4nc(SC)n[nH]4)cc(c2O)C3)n1. The number of H-pyrrole nitrogens is 4. The molecule has 1 aliphatic carbocycles. The maximum atomic E-state index is 12.1. The van der Waals surface area contributed by atoms with Crippen molar-refractivity contribution in [1.29, 1.82) is 0 Å². The zero-order valence-electron chi connectivity index (χ0n) is 36.0. The Morgan fingerprint density at radius 2 is 0.529 bits per heavy atom. The van der Waals surface area contributed by atoms with Gasteiger partial charge in [-0.25, -0.2) is 20.4 Å². The van der Waals surface area contributed by atoms with Crippen LogP contribution in [0.2, 0.25) is 0 Å². The van der Waals surface area contributed by atoms with E-state index >= 15 is 0 Å². The van der Waals surface area contributed by atoms with Crippen LogP contribution >= 0.6 is 47.0 Å². The highest BCUT2D eigenvalue weighted by Crippen LogP contribution is 2.43. The number of hydrogen-bond donors (Lipinski definition) is 8. The second-order valence-electron chi connectivity index (χ2n) is 14.5. The molecule has 0 aliphatic heterocycles. The fraction of sp³-hybridized carbons (Fsp3) is 0.200. The number of aromatic hydroxyl groups is 4. The van der Waals surface area contributed by atoms with E-state index < -0.39 is 0 Å². The molecule has 68 heavy (non-hydrogen) atoms. The molecule has 0 amide bonds. The summed E-state index contributed by atoms with van der Waals surface area (Å²) in [6, 6.07) is 13.0. The van der Waals surface area contributed by atoms with Crippen molar-refractivity contribution >= 4 is 93.6 Å². The predicted molar refractivity (Wildman–Crippen MR) is 253 cm³/mol. The molecule has 0 spiro atoms. The van der Waals surface area contributed by atoms with Crippen LogP contribution in [-0.4, -0.2) is 106 Å². The Morgan fingerprint density at radius 3 is 0.691 bits per heavy atom. The summed E-state index contributed by atoms with van der Waals surface area (Å²) in [6.45, 7) is 0. The molecule has 1 aliphatic rings. The molecule has 8 bridgehead atoms. The van der Waals surface area contributed by atoms with Crippen molar-refractivity contribution in [2.45, 2.75) is 46.3 Å². The minimum absolute atomic E-state index is 0.0519. The highest BCUT2D eigenvalue weighted by atomic mass is 32.2. The first-order chi connectivity index (χ1) is 33.0. The number of phenolic OH excluding ortho intramolecular Hbond substituents is 4. The lowest BCUT2D eigenvalue weighted by Crippen LogP contribution is -2.01. The summed E-state index contributed by atoms with van der Waals surface area (Å²) >= 11 is 5.33. The van der Waals surface area contributed by atoms with Crippen molar-refractivity contribution < 1.29 is 20.4 Å². The molecule has 4 heterocycles. The Hall–Kier alpha value is -7.56. The Balaban J connectivity index is 1.23. The van der Waals surface area contributed by atoms with Crippen molar-refractivity contribution in [1.82, 2.24) is 60.7 Å². The van der Waals surface area contributed by atoms with E-state index in [9.17, 15) is 20.4 Å². The number of thioether (sulfide) groups is 4. The van der Waals surface area contributed by atoms with Gasteiger partial charge in [-0.15, -0.1) is 61.3 Å². The van der Waals surface area contributed by atoms with E-state index in [1.807, 2.05) is 25.0 Å². The van der Waals surface area contributed by atoms with E-state index in [0.29, 0.717) is 87.9 Å². The standard InChI is InChI=1S/C40H36N20O4S4/c1-65-37-41-33(53-57-37)49-45-25-9-17-5-19-11-26(46-50-34-42-38(66-2)58-54-34)13-21(30(19)62)7-23-15-28(48-52-36-44-40(68-4)60-56-36)16-24(32(23)64)8-22-14-27(47-51-35-43-39(67-3)59-55-35)12-20(31(22)63)6-18(10-25)29(17)61/h9-16,61-64H,5-8H2,1-4H3,(H,41,53,57)(H,42,54,58)(H,43,55,59)(H,44,56,60). The zero-order valence-corrected chi connectivity index (χ0v) is 39.3. The van der Waals surface area contributed by atoms with Gasteiger partial charge in [-0.05, 0) is 73.6 Å². The monoisotopic (exact) mass is 988 g/mol. The van der Waals surface area contributed by atoms with Gasteiger partial charge in [0, 0.05) is 70.2 Å². The first-order valence-corrected chi connectivity index (χ1v) is 24.9. The maximum Gasteiger partial charge on any atom is 0.265 e. The second-order valence-corrected chi connectivity index (χ2v) is 17.6. The molecule has 0 atom stereocenters. The van der Waals surface area contributed by atoms with Crippen LogP contribution in [0, 0.1) is 0 Å². The molecule has 0 saturated heterocycles. The van der Waals surface area contributed by atoms with Crippen LogP contribution in [0.25, 0.3) is 0 Å². The van der Waals surface area contributed by atoms with Crippen molar-refractivity contribution in [2.24, 2.45) is 40.9 Å². The van der Waals surface area contributed by atoms with Gasteiger partial charge in [-0.1, -0.05) is 47.0 Å². The van der Waals surface area contributed by atoms with Gasteiger partial charge in [0.05, 0.1) is 22.7 Å². The number of benzene rings is 4. The number of rotatable bonds is 12. The van der Waals surface area contributed by atoms with Crippen molar-refractivity contribution in [3.05, 3.63) is 93.0 Å². The molecule has 4 aromatic carbocycles. The quantitative estimate of drug-likeness (QED) is 0.0416. The van der Waals surface area contributed by atoms with Crippen LogP contribution < -0.4 is 0 Å². The third-order valence-electron chi connectivity index (χ3n) is 10.1. The van der Waals surface area contributed by atoms with Crippen LogP contribution in [0.5, 0.6) is 23.0 Å². The summed E-state index contributed by atoms with van der Waals surface area (Å²) in [4.78, 5) is 17.2. The Morgan fingerprint density at radius 1 is 0.338 bits per heavy atom. The summed E-state index contributed by atoms with van der Waals surface area (Å²) in [5, 5.41) is 113. The molecule has 9 rings (SSSR count). The predicted octanol–water partition coefficient (Wildman–Crippen LogP) is 10.2. The number of phenols is 4. The minimum atomic E-state index is -0.131. The molecule has 8 N–H and O–H groups in total. The van der Waals surface area contributed by atoms with Gasteiger partial charge >= 0.3 is 0 Å². The lowest BCUT2D eigenvalue weighted by Gasteiger charge is -2.18. The molecule has 0 radical (unpaired) electrons. The van der Waals surface area contributed by atoms with Crippen LogP contribution in [-0.2, 0) is 25.7 Å². The summed E-state index contributed by atoms with van der Waals surface area (Å²) in [5.41, 5.74) is 4.04. The van der Waals surface area contributed by atoms with Crippen LogP contribution in [0.4, 0.5) is 46.5 Å². The molecule has 0 fully saturated rings. The number of aromatic nitrogens is 12. The molecule has 24 nitrogen and oxygen atoms in total. The lowest BCUT2D eigenvalue weighted by atomic mass is 9.90. The first kappa shape index (κ1) is 45.6. The third kappa shape index (κ3) is 10.4. The first-order valence-electron chi connectivity index (χ1n) is 20.0. The van der Waals surface area contributed by atoms with E-state index in [4.69, 9.17) is 0 Å². The Labute approximate surface area is 401 Å². The van der Waals surface area contributed by atoms with Crippen LogP contribution in [0.15, 0.2) is 110 Å². The largest absolute Gasteiger partial charge is 0.507 e. The van der Waals surface area contributed by atoms with Crippen molar-refractivity contribution in [3.8, 4) is 23.0 Å². The average Bonchev–Trinajstić information content (AvgIpc) is 4.19. The van der Waals surface area contributed by atoms with E-state index in [-0.39, 0.29) is 72.5 Å². The third-order valence-corrected chi connectivity index (χ3v) is 12.3. The van der Waals surface area contributed by atoms with E-state index in [2.05, 4.69) is 102 Å². The van der Waals surface area contributed by atoms with Gasteiger partial charge in [0.25, 0.3) is 23.8 Å². The van der Waals surface area contributed by atoms with Gasteiger partial charge in [0.15, 0.2) is 0 Å². The normalized spacial score (nSPS) is 13.0.